The van der Waals surface area contributed by atoms with Crippen molar-refractivity contribution in [3.05, 3.63) is 70.6 Å². The van der Waals surface area contributed by atoms with Gasteiger partial charge in [0.1, 0.15) is 23.7 Å². The SMILES string of the molecule is COC(=O)N[C@H](C(=O)N1CCC[C@H]1c1ncc(-c2cc3c4c(c2)CCc2cc(-c5cnc([C@@H]6CCCN6C(=O)[C@@H](NC(=O)OC)[C@H](C)OC)[nH]5)cc(c2-4)CC3)[nH]1)C(C)C. The molecule has 312 valence electrons. The van der Waals surface area contributed by atoms with Crippen LogP contribution in [0.2, 0.25) is 0 Å². The first-order chi connectivity index (χ1) is 28.5. The Labute approximate surface area is 344 Å². The maximum absolute atomic E-state index is 13.8. The fourth-order valence-corrected chi connectivity index (χ4v) is 9.51. The van der Waals surface area contributed by atoms with E-state index in [4.69, 9.17) is 24.2 Å². The number of nitrogens with one attached hydrogen (secondary N) is 4. The molecule has 0 radical (unpaired) electrons. The Morgan fingerprint density at radius 1 is 0.661 bits per heavy atom. The summed E-state index contributed by atoms with van der Waals surface area (Å²) in [6.07, 6.45) is 8.78. The molecule has 4 aromatic rings. The minimum absolute atomic E-state index is 0.103. The van der Waals surface area contributed by atoms with E-state index < -0.39 is 30.4 Å². The van der Waals surface area contributed by atoms with Gasteiger partial charge in [-0.25, -0.2) is 19.6 Å². The maximum atomic E-state index is 13.8. The Morgan fingerprint density at radius 2 is 1.07 bits per heavy atom. The molecule has 0 spiro atoms. The third kappa shape index (κ3) is 7.56. The molecule has 4 amide bonds. The Morgan fingerprint density at radius 3 is 1.46 bits per heavy atom. The van der Waals surface area contributed by atoms with Gasteiger partial charge in [-0.05, 0) is 122 Å². The van der Waals surface area contributed by atoms with Crippen molar-refractivity contribution >= 4 is 24.0 Å². The molecule has 2 saturated heterocycles. The van der Waals surface area contributed by atoms with Gasteiger partial charge in [0.2, 0.25) is 11.8 Å². The summed E-state index contributed by atoms with van der Waals surface area (Å²) in [7, 11) is 4.08. The number of alkyl carbamates (subject to hydrolysis) is 2. The smallest absolute Gasteiger partial charge is 0.407 e. The molecule has 0 saturated carbocycles. The van der Waals surface area contributed by atoms with Crippen molar-refractivity contribution in [2.24, 2.45) is 5.92 Å². The van der Waals surface area contributed by atoms with Crippen LogP contribution in [0.3, 0.4) is 0 Å². The number of imidazole rings is 2. The van der Waals surface area contributed by atoms with Crippen molar-refractivity contribution in [2.75, 3.05) is 34.4 Å². The number of aryl methyl sites for hydroxylation is 4. The molecule has 2 aromatic heterocycles. The molecule has 2 aliphatic carbocycles. The minimum atomic E-state index is -0.890. The number of rotatable bonds is 11. The number of carbonyl (C=O) groups is 4. The van der Waals surface area contributed by atoms with Crippen LogP contribution in [0.4, 0.5) is 9.59 Å². The lowest BCUT2D eigenvalue weighted by Gasteiger charge is -2.31. The molecule has 15 heteroatoms. The van der Waals surface area contributed by atoms with E-state index in [2.05, 4.69) is 44.9 Å². The van der Waals surface area contributed by atoms with Gasteiger partial charge in [-0.15, -0.1) is 0 Å². The average molecular weight is 807 g/mol. The zero-order chi connectivity index (χ0) is 41.5. The first-order valence-corrected chi connectivity index (χ1v) is 20.7. The Hall–Kier alpha value is -5.70. The molecule has 15 nitrogen and oxygen atoms in total. The van der Waals surface area contributed by atoms with Crippen LogP contribution in [-0.2, 0) is 49.5 Å². The second-order valence-corrected chi connectivity index (χ2v) is 16.5. The summed E-state index contributed by atoms with van der Waals surface area (Å²) < 4.78 is 15.0. The van der Waals surface area contributed by atoms with E-state index in [1.807, 2.05) is 31.1 Å². The third-order valence-electron chi connectivity index (χ3n) is 12.7. The van der Waals surface area contributed by atoms with E-state index in [-0.39, 0.29) is 29.8 Å². The lowest BCUT2D eigenvalue weighted by molar-refractivity contribution is -0.137. The monoisotopic (exact) mass is 806 g/mol. The van der Waals surface area contributed by atoms with Crippen molar-refractivity contribution in [3.8, 4) is 33.6 Å². The normalized spacial score (nSPS) is 19.6. The predicted octanol–water partition coefficient (Wildman–Crippen LogP) is 5.80. The summed E-state index contributed by atoms with van der Waals surface area (Å²) in [4.78, 5) is 72.0. The highest BCUT2D eigenvalue weighted by Crippen LogP contribution is 2.46. The van der Waals surface area contributed by atoms with E-state index in [1.165, 1.54) is 54.7 Å². The second kappa shape index (κ2) is 16.5. The quantitative estimate of drug-likeness (QED) is 0.146. The van der Waals surface area contributed by atoms with Crippen molar-refractivity contribution in [1.82, 2.24) is 40.4 Å². The summed E-state index contributed by atoms with van der Waals surface area (Å²) in [5, 5.41) is 5.38. The van der Waals surface area contributed by atoms with Crippen molar-refractivity contribution in [1.29, 1.82) is 0 Å². The number of amides is 4. The standard InChI is InChI=1S/C44H54N8O7/c1-23(2)37(49-43(55)58-5)41(53)51-15-7-9-33(51)39-45-21-31(47-39)29-17-25-11-13-27-19-30(20-28-14-12-26(18-29)35(25)36(27)28)32-22-46-40(48-32)34-10-8-16-52(34)42(54)38(24(3)57-4)50-44(56)59-6/h17-24,33-34,37-38H,7-16H2,1-6H3,(H,45,47)(H,46,48)(H,49,55)(H,50,56)/t24-,33-,34-,37-,38-/m0/s1. The molecule has 8 rings (SSSR count). The number of methoxy groups -OCH3 is 3. The van der Waals surface area contributed by atoms with Crippen LogP contribution in [-0.4, -0.2) is 106 Å². The van der Waals surface area contributed by atoms with Gasteiger partial charge in [0.15, 0.2) is 0 Å². The highest BCUT2D eigenvalue weighted by molar-refractivity contribution is 5.88. The topological polar surface area (TPSA) is 184 Å². The van der Waals surface area contributed by atoms with Crippen LogP contribution >= 0.6 is 0 Å². The van der Waals surface area contributed by atoms with Gasteiger partial charge >= 0.3 is 12.2 Å². The third-order valence-corrected chi connectivity index (χ3v) is 12.7. The minimum Gasteiger partial charge on any atom is -0.453 e. The molecule has 0 bridgehead atoms. The molecule has 2 aliphatic heterocycles. The molecule has 59 heavy (non-hydrogen) atoms. The van der Waals surface area contributed by atoms with Crippen LogP contribution in [0.15, 0.2) is 36.7 Å². The van der Waals surface area contributed by atoms with Gasteiger partial charge in [-0.2, -0.15) is 0 Å². The molecule has 5 atom stereocenters. The molecular formula is C44H54N8O7. The van der Waals surface area contributed by atoms with Gasteiger partial charge in [-0.1, -0.05) is 13.8 Å². The number of benzene rings is 2. The molecule has 4 N–H and O–H groups in total. The van der Waals surface area contributed by atoms with Gasteiger partial charge in [-0.3, -0.25) is 9.59 Å². The first kappa shape index (κ1) is 40.1. The molecule has 2 aromatic carbocycles. The second-order valence-electron chi connectivity index (χ2n) is 16.5. The Bertz CT molecular complexity index is 2210. The summed E-state index contributed by atoms with van der Waals surface area (Å²) in [5.41, 5.74) is 12.0. The van der Waals surface area contributed by atoms with E-state index in [1.54, 1.807) is 11.8 Å². The average Bonchev–Trinajstić information content (AvgIpc) is 4.09. The lowest BCUT2D eigenvalue weighted by atomic mass is 9.74. The number of aromatic nitrogens is 4. The predicted molar refractivity (Wildman–Crippen MR) is 219 cm³/mol. The van der Waals surface area contributed by atoms with Crippen LogP contribution in [0, 0.1) is 5.92 Å². The first-order valence-electron chi connectivity index (χ1n) is 20.7. The fourth-order valence-electron chi connectivity index (χ4n) is 9.51. The highest BCUT2D eigenvalue weighted by atomic mass is 16.5. The van der Waals surface area contributed by atoms with Crippen molar-refractivity contribution in [2.45, 2.75) is 102 Å². The van der Waals surface area contributed by atoms with E-state index in [0.29, 0.717) is 13.1 Å². The van der Waals surface area contributed by atoms with Crippen LogP contribution in [0.5, 0.6) is 0 Å². The largest absolute Gasteiger partial charge is 0.453 e. The van der Waals surface area contributed by atoms with Crippen molar-refractivity contribution in [3.63, 3.8) is 0 Å². The Kier molecular flexibility index (Phi) is 11.2. The number of carbonyl (C=O) groups excluding carboxylic acids is 4. The zero-order valence-electron chi connectivity index (χ0n) is 34.6. The number of H-pyrrole nitrogens is 2. The Balaban J connectivity index is 1.01. The summed E-state index contributed by atoms with van der Waals surface area (Å²) in [5.74, 6) is 1.03. The molecule has 4 heterocycles. The molecule has 4 aliphatic rings. The zero-order valence-corrected chi connectivity index (χ0v) is 34.6. The number of nitrogens with zero attached hydrogens (tertiary/aromatic N) is 4. The van der Waals surface area contributed by atoms with E-state index in [0.717, 1.165) is 85.5 Å². The van der Waals surface area contributed by atoms with Gasteiger partial charge < -0.3 is 44.6 Å². The number of ether oxygens (including phenoxy) is 3. The molecule has 2 fully saturated rings. The highest BCUT2D eigenvalue weighted by Gasteiger charge is 2.40. The number of hydrogen-bond donors (Lipinski definition) is 4. The van der Waals surface area contributed by atoms with E-state index >= 15 is 0 Å². The van der Waals surface area contributed by atoms with Crippen molar-refractivity contribution < 1.29 is 33.4 Å². The summed E-state index contributed by atoms with van der Waals surface area (Å²) in [6, 6.07) is 7.14. The number of likely N-dealkylation sites (tertiary alicyclic amines) is 2. The fraction of sp³-hybridized carbons (Fsp3) is 0.500. The summed E-state index contributed by atoms with van der Waals surface area (Å²) in [6.45, 7) is 6.74. The van der Waals surface area contributed by atoms with Gasteiger partial charge in [0.05, 0.1) is 56.2 Å². The van der Waals surface area contributed by atoms with Gasteiger partial charge in [0.25, 0.3) is 0 Å². The summed E-state index contributed by atoms with van der Waals surface area (Å²) >= 11 is 0. The number of hydrogen-bond acceptors (Lipinski definition) is 9. The maximum Gasteiger partial charge on any atom is 0.407 e. The molecule has 0 unspecified atom stereocenters. The van der Waals surface area contributed by atoms with Crippen LogP contribution in [0.25, 0.3) is 33.6 Å². The van der Waals surface area contributed by atoms with E-state index in [9.17, 15) is 19.2 Å². The van der Waals surface area contributed by atoms with Gasteiger partial charge in [0, 0.05) is 31.3 Å². The van der Waals surface area contributed by atoms with Crippen LogP contribution < -0.4 is 10.6 Å². The van der Waals surface area contributed by atoms with Crippen LogP contribution in [0.1, 0.15) is 92.4 Å². The molecular weight excluding hydrogens is 753 g/mol. The number of aromatic amines is 2. The lowest BCUT2D eigenvalue weighted by Crippen LogP contribution is -2.54.